The molecule has 1 aliphatic heterocycles. The fraction of sp³-hybridized carbons (Fsp3) is 0.571. The second-order valence-electron chi connectivity index (χ2n) is 5.02. The van der Waals surface area contributed by atoms with E-state index in [0.717, 1.165) is 0 Å². The topological polar surface area (TPSA) is 6.48 Å². The monoisotopic (exact) mass is 215 g/mol. The first-order valence-corrected chi connectivity index (χ1v) is 6.26. The Labute approximate surface area is 97.9 Å². The lowest BCUT2D eigenvalue weighted by atomic mass is 10.1. The summed E-state index contributed by atoms with van der Waals surface area (Å²) >= 11 is 0. The van der Waals surface area contributed by atoms with Crippen LogP contribution in [0.4, 0.5) is 0 Å². The van der Waals surface area contributed by atoms with E-state index in [4.69, 9.17) is 0 Å². The van der Waals surface area contributed by atoms with Crippen molar-refractivity contribution in [3.05, 3.63) is 35.4 Å². The standard InChI is InChI=1S/C14H19N2/c1-15-8-10-16(11-9-15)14-7-6-12-4-2-3-5-13(12)14/h2,4-5,14H,6-11H2,1H3. The third-order valence-electron chi connectivity index (χ3n) is 4.02. The van der Waals surface area contributed by atoms with Crippen molar-refractivity contribution < 1.29 is 0 Å². The molecule has 0 bridgehead atoms. The Hall–Kier alpha value is -0.860. The van der Waals surface area contributed by atoms with Gasteiger partial charge in [-0.15, -0.1) is 0 Å². The molecule has 1 aromatic rings. The molecule has 16 heavy (non-hydrogen) atoms. The van der Waals surface area contributed by atoms with Crippen molar-refractivity contribution in [2.75, 3.05) is 33.2 Å². The second-order valence-corrected chi connectivity index (χ2v) is 5.02. The maximum atomic E-state index is 3.23. The zero-order valence-corrected chi connectivity index (χ0v) is 9.95. The van der Waals surface area contributed by atoms with E-state index in [-0.39, 0.29) is 0 Å². The summed E-state index contributed by atoms with van der Waals surface area (Å²) < 4.78 is 0. The lowest BCUT2D eigenvalue weighted by Gasteiger charge is -2.36. The summed E-state index contributed by atoms with van der Waals surface area (Å²) in [5, 5.41) is 0. The van der Waals surface area contributed by atoms with E-state index in [1.54, 1.807) is 5.56 Å². The minimum Gasteiger partial charge on any atom is -0.304 e. The van der Waals surface area contributed by atoms with Crippen molar-refractivity contribution in [3.8, 4) is 0 Å². The Morgan fingerprint density at radius 3 is 2.88 bits per heavy atom. The van der Waals surface area contributed by atoms with E-state index in [2.05, 4.69) is 35.0 Å². The van der Waals surface area contributed by atoms with Gasteiger partial charge in [0.2, 0.25) is 0 Å². The van der Waals surface area contributed by atoms with Crippen molar-refractivity contribution in [2.45, 2.75) is 18.9 Å². The molecule has 0 N–H and O–H groups in total. The van der Waals surface area contributed by atoms with Crippen molar-refractivity contribution in [2.24, 2.45) is 0 Å². The van der Waals surface area contributed by atoms with Gasteiger partial charge in [0.25, 0.3) is 0 Å². The van der Waals surface area contributed by atoms with Crippen LogP contribution < -0.4 is 0 Å². The Bertz CT molecular complexity index is 367. The molecule has 1 atom stereocenters. The Morgan fingerprint density at radius 2 is 2.06 bits per heavy atom. The highest BCUT2D eigenvalue weighted by Gasteiger charge is 2.28. The van der Waals surface area contributed by atoms with Gasteiger partial charge in [0.1, 0.15) is 0 Å². The molecule has 1 radical (unpaired) electrons. The minimum atomic E-state index is 0.668. The predicted molar refractivity (Wildman–Crippen MR) is 65.4 cm³/mol. The van der Waals surface area contributed by atoms with Crippen molar-refractivity contribution in [3.63, 3.8) is 0 Å². The van der Waals surface area contributed by atoms with Crippen LogP contribution in [0.1, 0.15) is 23.6 Å². The van der Waals surface area contributed by atoms with Crippen LogP contribution in [-0.4, -0.2) is 43.0 Å². The van der Waals surface area contributed by atoms with Crippen molar-refractivity contribution in [1.29, 1.82) is 0 Å². The molecule has 3 rings (SSSR count). The van der Waals surface area contributed by atoms with E-state index < -0.39 is 0 Å². The second kappa shape index (κ2) is 4.19. The van der Waals surface area contributed by atoms with Crippen LogP contribution in [-0.2, 0) is 6.42 Å². The largest absolute Gasteiger partial charge is 0.304 e. The number of likely N-dealkylation sites (N-methyl/N-ethyl adjacent to an activating group) is 1. The van der Waals surface area contributed by atoms with E-state index in [0.29, 0.717) is 6.04 Å². The van der Waals surface area contributed by atoms with Gasteiger partial charge in [0.15, 0.2) is 0 Å². The van der Waals surface area contributed by atoms with Gasteiger partial charge in [-0.3, -0.25) is 4.90 Å². The molecule has 0 spiro atoms. The maximum Gasteiger partial charge on any atom is 0.0355 e. The first kappa shape index (κ1) is 10.3. The summed E-state index contributed by atoms with van der Waals surface area (Å²) in [6.45, 7) is 4.86. The summed E-state index contributed by atoms with van der Waals surface area (Å²) in [6, 6.07) is 10.4. The van der Waals surface area contributed by atoms with Gasteiger partial charge in [-0.2, -0.15) is 0 Å². The predicted octanol–water partition coefficient (Wildman–Crippen LogP) is 1.72. The van der Waals surface area contributed by atoms with Gasteiger partial charge < -0.3 is 4.90 Å². The number of aryl methyl sites for hydroxylation is 1. The molecule has 1 unspecified atom stereocenters. The molecule has 2 nitrogen and oxygen atoms in total. The molecule has 0 amide bonds. The molecule has 1 fully saturated rings. The van der Waals surface area contributed by atoms with Gasteiger partial charge >= 0.3 is 0 Å². The fourth-order valence-electron chi connectivity index (χ4n) is 2.97. The minimum absolute atomic E-state index is 0.668. The molecule has 85 valence electrons. The number of fused-ring (bicyclic) bond motifs is 1. The SMILES string of the molecule is CN1CCN(C2CCc3cc[c]cc32)CC1. The van der Waals surface area contributed by atoms with Gasteiger partial charge in [0, 0.05) is 32.2 Å². The van der Waals surface area contributed by atoms with E-state index in [1.807, 2.05) is 6.07 Å². The van der Waals surface area contributed by atoms with Crippen molar-refractivity contribution in [1.82, 2.24) is 9.80 Å². The third-order valence-corrected chi connectivity index (χ3v) is 4.02. The number of hydrogen-bond donors (Lipinski definition) is 0. The van der Waals surface area contributed by atoms with E-state index in [1.165, 1.54) is 44.6 Å². The Balaban J connectivity index is 1.77. The first-order chi connectivity index (χ1) is 7.84. The fourth-order valence-corrected chi connectivity index (χ4v) is 2.97. The summed E-state index contributed by atoms with van der Waals surface area (Å²) in [6.07, 6.45) is 2.55. The van der Waals surface area contributed by atoms with Crippen LogP contribution in [0.25, 0.3) is 0 Å². The highest BCUT2D eigenvalue weighted by atomic mass is 15.3. The summed E-state index contributed by atoms with van der Waals surface area (Å²) in [7, 11) is 2.22. The van der Waals surface area contributed by atoms with Crippen LogP contribution in [0.3, 0.4) is 0 Å². The van der Waals surface area contributed by atoms with Crippen LogP contribution >= 0.6 is 0 Å². The third kappa shape index (κ3) is 1.76. The zero-order valence-electron chi connectivity index (χ0n) is 9.95. The highest BCUT2D eigenvalue weighted by Crippen LogP contribution is 2.35. The molecular weight excluding hydrogens is 196 g/mol. The van der Waals surface area contributed by atoms with Crippen LogP contribution in [0, 0.1) is 6.07 Å². The van der Waals surface area contributed by atoms with E-state index >= 15 is 0 Å². The van der Waals surface area contributed by atoms with Crippen LogP contribution in [0.15, 0.2) is 18.2 Å². The molecule has 2 heteroatoms. The molecular formula is C14H19N2. The van der Waals surface area contributed by atoms with Crippen LogP contribution in [0.2, 0.25) is 0 Å². The lowest BCUT2D eigenvalue weighted by Crippen LogP contribution is -2.45. The Kier molecular flexibility index (Phi) is 2.70. The molecule has 1 saturated heterocycles. The Morgan fingerprint density at radius 1 is 1.25 bits per heavy atom. The summed E-state index contributed by atoms with van der Waals surface area (Å²) in [5.74, 6) is 0. The molecule has 1 heterocycles. The quantitative estimate of drug-likeness (QED) is 0.704. The van der Waals surface area contributed by atoms with Gasteiger partial charge in [0.05, 0.1) is 0 Å². The highest BCUT2D eigenvalue weighted by molar-refractivity contribution is 5.34. The number of rotatable bonds is 1. The number of hydrogen-bond acceptors (Lipinski definition) is 2. The lowest BCUT2D eigenvalue weighted by molar-refractivity contribution is 0.111. The smallest absolute Gasteiger partial charge is 0.0355 e. The van der Waals surface area contributed by atoms with Crippen molar-refractivity contribution >= 4 is 0 Å². The van der Waals surface area contributed by atoms with Crippen LogP contribution in [0.5, 0.6) is 0 Å². The molecule has 1 aliphatic carbocycles. The number of piperazine rings is 1. The number of benzene rings is 1. The molecule has 1 aromatic carbocycles. The van der Waals surface area contributed by atoms with Gasteiger partial charge in [-0.25, -0.2) is 0 Å². The molecule has 2 aliphatic rings. The average molecular weight is 215 g/mol. The van der Waals surface area contributed by atoms with Gasteiger partial charge in [-0.1, -0.05) is 12.1 Å². The van der Waals surface area contributed by atoms with Gasteiger partial charge in [-0.05, 0) is 43.1 Å². The van der Waals surface area contributed by atoms with E-state index in [9.17, 15) is 0 Å². The molecule has 0 saturated carbocycles. The zero-order chi connectivity index (χ0) is 11.0. The maximum absolute atomic E-state index is 3.23. The molecule has 0 aromatic heterocycles. The average Bonchev–Trinajstić information content (AvgIpc) is 2.74. The number of nitrogens with zero attached hydrogens (tertiary/aromatic N) is 2. The summed E-state index contributed by atoms with van der Waals surface area (Å²) in [5.41, 5.74) is 3.08. The summed E-state index contributed by atoms with van der Waals surface area (Å²) in [4.78, 5) is 5.07. The first-order valence-electron chi connectivity index (χ1n) is 6.26. The normalized spacial score (nSPS) is 26.9.